The Kier molecular flexibility index (Phi) is 11.3. The van der Waals surface area contributed by atoms with E-state index in [1.54, 1.807) is 31.4 Å². The predicted molar refractivity (Wildman–Crippen MR) is 115 cm³/mol. The summed E-state index contributed by atoms with van der Waals surface area (Å²) in [5.41, 5.74) is 0.790. The Morgan fingerprint density at radius 3 is 2.78 bits per heavy atom. The molecule has 1 heterocycles. The van der Waals surface area contributed by atoms with Crippen LogP contribution in [0.3, 0.4) is 0 Å². The predicted octanol–water partition coefficient (Wildman–Crippen LogP) is 3.72. The minimum absolute atomic E-state index is 0. The van der Waals surface area contributed by atoms with E-state index in [9.17, 15) is 4.39 Å². The van der Waals surface area contributed by atoms with Gasteiger partial charge in [-0.15, -0.1) is 24.0 Å². The lowest BCUT2D eigenvalue weighted by Gasteiger charge is -2.13. The number of benzene rings is 1. The van der Waals surface area contributed by atoms with Gasteiger partial charge >= 0.3 is 0 Å². The number of halogens is 2. The number of guanidine groups is 1. The quantitative estimate of drug-likeness (QED) is 0.244. The summed E-state index contributed by atoms with van der Waals surface area (Å²) in [4.78, 5) is 8.09. The molecule has 0 aliphatic rings. The summed E-state index contributed by atoms with van der Waals surface area (Å²) < 4.78 is 25.0. The highest BCUT2D eigenvalue weighted by molar-refractivity contribution is 14.0. The number of ether oxygens (including phenoxy) is 2. The van der Waals surface area contributed by atoms with Crippen LogP contribution in [0.15, 0.2) is 47.7 Å². The molecule has 148 valence electrons. The van der Waals surface area contributed by atoms with Crippen LogP contribution in [-0.4, -0.2) is 37.7 Å². The lowest BCUT2D eigenvalue weighted by Crippen LogP contribution is -2.37. The van der Waals surface area contributed by atoms with Crippen molar-refractivity contribution in [2.24, 2.45) is 4.99 Å². The Hall–Kier alpha value is -1.94. The van der Waals surface area contributed by atoms with E-state index in [0.717, 1.165) is 25.1 Å². The zero-order valence-electron chi connectivity index (χ0n) is 15.6. The van der Waals surface area contributed by atoms with Gasteiger partial charge in [0.05, 0.1) is 6.20 Å². The van der Waals surface area contributed by atoms with E-state index in [1.807, 2.05) is 13.0 Å². The van der Waals surface area contributed by atoms with E-state index in [-0.39, 0.29) is 29.7 Å². The number of nitrogens with one attached hydrogen (secondary N) is 2. The van der Waals surface area contributed by atoms with E-state index >= 15 is 0 Å². The molecule has 0 radical (unpaired) electrons. The highest BCUT2D eigenvalue weighted by atomic mass is 127. The second-order valence-electron chi connectivity index (χ2n) is 5.46. The van der Waals surface area contributed by atoms with Gasteiger partial charge in [-0.1, -0.05) is 6.07 Å². The number of aliphatic imine (C=N–C) groups is 1. The Morgan fingerprint density at radius 1 is 1.26 bits per heavy atom. The van der Waals surface area contributed by atoms with Crippen LogP contribution >= 0.6 is 24.0 Å². The average Bonchev–Trinajstić information content (AvgIpc) is 2.67. The number of nitrogens with zero attached hydrogens (tertiary/aromatic N) is 2. The SMILES string of the molecule is CCOCCCNC(=NC)NCc1ccc(Oc2cccnc2)c(F)c1.I. The summed E-state index contributed by atoms with van der Waals surface area (Å²) in [6.07, 6.45) is 4.06. The molecule has 0 fully saturated rings. The van der Waals surface area contributed by atoms with Crippen LogP contribution in [0.4, 0.5) is 4.39 Å². The molecule has 1 aromatic carbocycles. The Balaban J connectivity index is 0.00000364. The van der Waals surface area contributed by atoms with Gasteiger partial charge in [-0.25, -0.2) is 4.39 Å². The average molecular weight is 488 g/mol. The van der Waals surface area contributed by atoms with Gasteiger partial charge in [0.15, 0.2) is 17.5 Å². The molecule has 2 N–H and O–H groups in total. The van der Waals surface area contributed by atoms with Gasteiger partial charge in [-0.3, -0.25) is 9.98 Å². The Morgan fingerprint density at radius 2 is 2.11 bits per heavy atom. The molecule has 27 heavy (non-hydrogen) atoms. The van der Waals surface area contributed by atoms with E-state index in [4.69, 9.17) is 9.47 Å². The first-order valence-electron chi connectivity index (χ1n) is 8.61. The summed E-state index contributed by atoms with van der Waals surface area (Å²) in [5.74, 6) is 0.902. The third-order valence-electron chi connectivity index (χ3n) is 3.50. The van der Waals surface area contributed by atoms with Gasteiger partial charge in [0.2, 0.25) is 0 Å². The monoisotopic (exact) mass is 488 g/mol. The molecule has 0 saturated carbocycles. The molecule has 2 rings (SSSR count). The fourth-order valence-electron chi connectivity index (χ4n) is 2.20. The van der Waals surface area contributed by atoms with Gasteiger partial charge in [0.25, 0.3) is 0 Å². The molecule has 0 spiro atoms. The van der Waals surface area contributed by atoms with E-state index < -0.39 is 5.82 Å². The van der Waals surface area contributed by atoms with Crippen molar-refractivity contribution in [3.8, 4) is 11.5 Å². The van der Waals surface area contributed by atoms with Crippen molar-refractivity contribution in [1.82, 2.24) is 15.6 Å². The molecule has 0 saturated heterocycles. The fraction of sp³-hybridized carbons (Fsp3) is 0.368. The number of pyridine rings is 1. The van der Waals surface area contributed by atoms with Gasteiger partial charge in [-0.2, -0.15) is 0 Å². The second-order valence-corrected chi connectivity index (χ2v) is 5.46. The summed E-state index contributed by atoms with van der Waals surface area (Å²) >= 11 is 0. The van der Waals surface area contributed by atoms with Crippen molar-refractivity contribution >= 4 is 29.9 Å². The maximum atomic E-state index is 14.2. The van der Waals surface area contributed by atoms with Crippen LogP contribution in [-0.2, 0) is 11.3 Å². The molecule has 0 unspecified atom stereocenters. The number of rotatable bonds is 9. The van der Waals surface area contributed by atoms with Gasteiger partial charge in [-0.05, 0) is 43.2 Å². The first kappa shape index (κ1) is 23.1. The lowest BCUT2D eigenvalue weighted by atomic mass is 10.2. The molecule has 0 atom stereocenters. The van der Waals surface area contributed by atoms with Gasteiger partial charge < -0.3 is 20.1 Å². The summed E-state index contributed by atoms with van der Waals surface area (Å²) in [7, 11) is 1.70. The summed E-state index contributed by atoms with van der Waals surface area (Å²) in [6, 6.07) is 8.32. The van der Waals surface area contributed by atoms with Gasteiger partial charge in [0, 0.05) is 39.5 Å². The Labute approximate surface area is 176 Å². The standard InChI is InChI=1S/C19H25FN4O2.HI/c1-3-25-11-5-10-23-19(21-2)24-13-15-7-8-18(17(20)12-15)26-16-6-4-9-22-14-16;/h4,6-9,12,14H,3,5,10-11,13H2,1-2H3,(H2,21,23,24);1H. The van der Waals surface area contributed by atoms with Crippen molar-refractivity contribution in [3.05, 3.63) is 54.1 Å². The molecule has 0 amide bonds. The molecule has 0 bridgehead atoms. The van der Waals surface area contributed by atoms with Crippen molar-refractivity contribution < 1.29 is 13.9 Å². The minimum atomic E-state index is -0.423. The summed E-state index contributed by atoms with van der Waals surface area (Å²) in [6.45, 7) is 4.62. The molecular formula is C19H26FIN4O2. The van der Waals surface area contributed by atoms with Crippen molar-refractivity contribution in [3.63, 3.8) is 0 Å². The molecule has 1 aromatic heterocycles. The molecular weight excluding hydrogens is 462 g/mol. The number of hydrogen-bond donors (Lipinski definition) is 2. The van der Waals surface area contributed by atoms with Crippen LogP contribution in [0.1, 0.15) is 18.9 Å². The normalized spacial score (nSPS) is 10.9. The zero-order chi connectivity index (χ0) is 18.6. The molecule has 8 heteroatoms. The largest absolute Gasteiger partial charge is 0.453 e. The van der Waals surface area contributed by atoms with Crippen molar-refractivity contribution in [1.29, 1.82) is 0 Å². The summed E-state index contributed by atoms with van der Waals surface area (Å²) in [5, 5.41) is 6.34. The van der Waals surface area contributed by atoms with E-state index in [2.05, 4.69) is 20.6 Å². The van der Waals surface area contributed by atoms with E-state index in [0.29, 0.717) is 24.9 Å². The minimum Gasteiger partial charge on any atom is -0.453 e. The Bertz CT molecular complexity index is 701. The number of hydrogen-bond acceptors (Lipinski definition) is 4. The molecule has 0 aliphatic heterocycles. The third-order valence-corrected chi connectivity index (χ3v) is 3.50. The van der Waals surface area contributed by atoms with Gasteiger partial charge in [0.1, 0.15) is 5.75 Å². The van der Waals surface area contributed by atoms with Crippen LogP contribution < -0.4 is 15.4 Å². The molecule has 2 aromatic rings. The van der Waals surface area contributed by atoms with Crippen LogP contribution in [0.5, 0.6) is 11.5 Å². The fourth-order valence-corrected chi connectivity index (χ4v) is 2.20. The number of aromatic nitrogens is 1. The maximum Gasteiger partial charge on any atom is 0.191 e. The van der Waals surface area contributed by atoms with E-state index in [1.165, 1.54) is 12.3 Å². The smallest absolute Gasteiger partial charge is 0.191 e. The van der Waals surface area contributed by atoms with Crippen molar-refractivity contribution in [2.75, 3.05) is 26.8 Å². The second kappa shape index (κ2) is 13.3. The zero-order valence-corrected chi connectivity index (χ0v) is 17.9. The lowest BCUT2D eigenvalue weighted by molar-refractivity contribution is 0.145. The molecule has 0 aliphatic carbocycles. The molecule has 6 nitrogen and oxygen atoms in total. The highest BCUT2D eigenvalue weighted by Crippen LogP contribution is 2.24. The first-order chi connectivity index (χ1) is 12.7. The highest BCUT2D eigenvalue weighted by Gasteiger charge is 2.07. The maximum absolute atomic E-state index is 14.2. The topological polar surface area (TPSA) is 67.8 Å². The van der Waals surface area contributed by atoms with Crippen LogP contribution in [0.25, 0.3) is 0 Å². The van der Waals surface area contributed by atoms with Crippen molar-refractivity contribution in [2.45, 2.75) is 19.9 Å². The van der Waals surface area contributed by atoms with Crippen LogP contribution in [0, 0.1) is 5.82 Å². The first-order valence-corrected chi connectivity index (χ1v) is 8.61. The third kappa shape index (κ3) is 8.53. The van der Waals surface area contributed by atoms with Crippen LogP contribution in [0.2, 0.25) is 0 Å².